The number of hydrogen-bond donors (Lipinski definition) is 0. The first-order chi connectivity index (χ1) is 24.8. The van der Waals surface area contributed by atoms with Gasteiger partial charge in [0.05, 0.1) is 21.3 Å². The zero-order valence-electron chi connectivity index (χ0n) is 26.7. The second-order valence-electron chi connectivity index (χ2n) is 12.3. The van der Waals surface area contributed by atoms with Crippen LogP contribution in [0.2, 0.25) is 0 Å². The minimum Gasteiger partial charge on any atom is -0.292 e. The van der Waals surface area contributed by atoms with Gasteiger partial charge in [-0.3, -0.25) is 4.57 Å². The topological polar surface area (TPSA) is 56.5 Å². The molecule has 0 aliphatic carbocycles. The Balaban J connectivity index is 1.33. The Morgan fingerprint density at radius 3 is 1.70 bits per heavy atom. The Kier molecular flexibility index (Phi) is 6.60. The third kappa shape index (κ3) is 4.61. The number of thiophene rings is 1. The minimum absolute atomic E-state index is 0.562. The number of rotatable bonds is 5. The normalized spacial score (nSPS) is 11.6. The molecule has 0 aliphatic rings. The molecule has 50 heavy (non-hydrogen) atoms. The largest absolute Gasteiger partial charge is 0.292 e. The molecule has 4 aromatic heterocycles. The van der Waals surface area contributed by atoms with Crippen LogP contribution in [-0.2, 0) is 0 Å². The van der Waals surface area contributed by atoms with Gasteiger partial charge in [0.25, 0.3) is 0 Å². The van der Waals surface area contributed by atoms with Gasteiger partial charge < -0.3 is 0 Å². The van der Waals surface area contributed by atoms with Crippen LogP contribution in [0, 0.1) is 0 Å². The molecule has 10 aromatic rings. The first-order valence-electron chi connectivity index (χ1n) is 16.6. The van der Waals surface area contributed by atoms with E-state index >= 15 is 0 Å². The van der Waals surface area contributed by atoms with Gasteiger partial charge in [-0.25, -0.2) is 19.9 Å². The highest BCUT2D eigenvalue weighted by Crippen LogP contribution is 2.44. The highest BCUT2D eigenvalue weighted by Gasteiger charge is 2.23. The molecule has 0 bridgehead atoms. The Bertz CT molecular complexity index is 2800. The summed E-state index contributed by atoms with van der Waals surface area (Å²) in [6.45, 7) is 0. The van der Waals surface area contributed by atoms with Crippen molar-refractivity contribution in [1.82, 2.24) is 24.5 Å². The second kappa shape index (κ2) is 11.6. The van der Waals surface area contributed by atoms with Crippen molar-refractivity contribution in [1.29, 1.82) is 0 Å². The van der Waals surface area contributed by atoms with E-state index in [0.717, 1.165) is 44.7 Å². The summed E-state index contributed by atoms with van der Waals surface area (Å²) in [5, 5.41) is 4.86. The molecule has 0 aliphatic heterocycles. The summed E-state index contributed by atoms with van der Waals surface area (Å²) in [6, 6.07) is 54.5. The SMILES string of the molecule is c1ccc(-c2cnc(-n3c4ccccc4c4ccc5c6ccccc6sc5c43)c(-c3nc(-c4ccccc4)nc(-c4ccccc4)n3)c2)cc1. The van der Waals surface area contributed by atoms with Crippen molar-refractivity contribution in [2.45, 2.75) is 0 Å². The van der Waals surface area contributed by atoms with E-state index < -0.39 is 0 Å². The summed E-state index contributed by atoms with van der Waals surface area (Å²) >= 11 is 1.83. The summed E-state index contributed by atoms with van der Waals surface area (Å²) < 4.78 is 4.81. The zero-order valence-corrected chi connectivity index (χ0v) is 27.5. The van der Waals surface area contributed by atoms with E-state index in [2.05, 4.69) is 95.6 Å². The predicted molar refractivity (Wildman–Crippen MR) is 207 cm³/mol. The first-order valence-corrected chi connectivity index (χ1v) is 17.4. The Hall–Kier alpha value is -6.50. The van der Waals surface area contributed by atoms with Gasteiger partial charge in [0, 0.05) is 49.1 Å². The molecule has 6 heteroatoms. The van der Waals surface area contributed by atoms with E-state index in [1.807, 2.05) is 84.3 Å². The van der Waals surface area contributed by atoms with Gasteiger partial charge in [-0.2, -0.15) is 0 Å². The third-order valence-corrected chi connectivity index (χ3v) is 10.5. The van der Waals surface area contributed by atoms with E-state index in [4.69, 9.17) is 19.9 Å². The second-order valence-corrected chi connectivity index (χ2v) is 13.3. The lowest BCUT2D eigenvalue weighted by atomic mass is 10.0. The van der Waals surface area contributed by atoms with Crippen molar-refractivity contribution in [3.8, 4) is 51.1 Å². The van der Waals surface area contributed by atoms with Crippen molar-refractivity contribution in [3.63, 3.8) is 0 Å². The molecule has 10 rings (SSSR count). The van der Waals surface area contributed by atoms with Crippen molar-refractivity contribution in [2.24, 2.45) is 0 Å². The van der Waals surface area contributed by atoms with Gasteiger partial charge in [0.2, 0.25) is 0 Å². The van der Waals surface area contributed by atoms with Crippen molar-refractivity contribution in [3.05, 3.63) is 164 Å². The van der Waals surface area contributed by atoms with Crippen LogP contribution in [0.5, 0.6) is 0 Å². The van der Waals surface area contributed by atoms with Crippen LogP contribution in [-0.4, -0.2) is 24.5 Å². The Morgan fingerprint density at radius 2 is 1.00 bits per heavy atom. The van der Waals surface area contributed by atoms with Gasteiger partial charge in [-0.05, 0) is 23.8 Å². The number of benzene rings is 6. The minimum atomic E-state index is 0.562. The lowest BCUT2D eigenvalue weighted by Crippen LogP contribution is -2.05. The van der Waals surface area contributed by atoms with Crippen LogP contribution < -0.4 is 0 Å². The molecule has 0 fully saturated rings. The van der Waals surface area contributed by atoms with E-state index in [1.54, 1.807) is 0 Å². The quantitative estimate of drug-likeness (QED) is 0.185. The van der Waals surface area contributed by atoms with Crippen molar-refractivity contribution < 1.29 is 0 Å². The van der Waals surface area contributed by atoms with Crippen LogP contribution in [0.4, 0.5) is 0 Å². The van der Waals surface area contributed by atoms with E-state index in [-0.39, 0.29) is 0 Å². The van der Waals surface area contributed by atoms with Crippen LogP contribution in [0.25, 0.3) is 93.1 Å². The molecule has 0 unspecified atom stereocenters. The molecule has 0 atom stereocenters. The Morgan fingerprint density at radius 1 is 0.440 bits per heavy atom. The standard InChI is InChI=1S/C44H27N5S/c1-4-14-28(15-5-1)31-26-36(43-47-41(29-16-6-2-7-17-29)46-42(48-43)30-18-8-3-9-19-30)44(45-27-31)49-37-22-12-10-20-32(37)34-24-25-35-33-21-11-13-23-38(33)50-40(35)39(34)49/h1-27H. The predicted octanol–water partition coefficient (Wildman–Crippen LogP) is 11.4. The summed E-state index contributed by atoms with van der Waals surface area (Å²) in [5.74, 6) is 2.55. The summed E-state index contributed by atoms with van der Waals surface area (Å²) in [7, 11) is 0. The average Bonchev–Trinajstić information content (AvgIpc) is 3.75. The molecule has 4 heterocycles. The molecule has 6 aromatic carbocycles. The maximum Gasteiger partial charge on any atom is 0.167 e. The monoisotopic (exact) mass is 657 g/mol. The number of para-hydroxylation sites is 1. The van der Waals surface area contributed by atoms with Crippen LogP contribution >= 0.6 is 11.3 Å². The summed E-state index contributed by atoms with van der Waals surface area (Å²) in [4.78, 5) is 20.7. The van der Waals surface area contributed by atoms with E-state index in [9.17, 15) is 0 Å². The first kappa shape index (κ1) is 28.5. The van der Waals surface area contributed by atoms with Gasteiger partial charge in [0.15, 0.2) is 17.5 Å². The lowest BCUT2D eigenvalue weighted by molar-refractivity contribution is 1.04. The van der Waals surface area contributed by atoms with Crippen LogP contribution in [0.15, 0.2) is 164 Å². The fourth-order valence-corrected chi connectivity index (χ4v) is 8.21. The van der Waals surface area contributed by atoms with Crippen LogP contribution in [0.1, 0.15) is 0 Å². The van der Waals surface area contributed by atoms with Crippen molar-refractivity contribution in [2.75, 3.05) is 0 Å². The molecule has 0 N–H and O–H groups in total. The summed E-state index contributed by atoms with van der Waals surface area (Å²) in [6.07, 6.45) is 1.97. The molecular weight excluding hydrogens is 631 g/mol. The maximum atomic E-state index is 5.31. The van der Waals surface area contributed by atoms with E-state index in [1.165, 1.54) is 30.9 Å². The Labute approximate surface area is 291 Å². The highest BCUT2D eigenvalue weighted by molar-refractivity contribution is 7.26. The molecule has 234 valence electrons. The van der Waals surface area contributed by atoms with Gasteiger partial charge >= 0.3 is 0 Å². The third-order valence-electron chi connectivity index (χ3n) is 9.31. The van der Waals surface area contributed by atoms with Gasteiger partial charge in [0.1, 0.15) is 5.82 Å². The number of aromatic nitrogens is 5. The van der Waals surface area contributed by atoms with Crippen molar-refractivity contribution >= 4 is 53.3 Å². The molecule has 0 saturated carbocycles. The van der Waals surface area contributed by atoms with E-state index in [0.29, 0.717) is 17.5 Å². The average molecular weight is 658 g/mol. The summed E-state index contributed by atoms with van der Waals surface area (Å²) in [5.41, 5.74) is 6.93. The molecule has 0 amide bonds. The van der Waals surface area contributed by atoms with Gasteiger partial charge in [-0.15, -0.1) is 11.3 Å². The zero-order chi connectivity index (χ0) is 33.0. The number of hydrogen-bond acceptors (Lipinski definition) is 5. The molecule has 0 saturated heterocycles. The maximum absolute atomic E-state index is 5.31. The molecule has 0 spiro atoms. The number of fused-ring (bicyclic) bond motifs is 7. The molecule has 0 radical (unpaired) electrons. The highest BCUT2D eigenvalue weighted by atomic mass is 32.1. The van der Waals surface area contributed by atoms with Gasteiger partial charge in [-0.1, -0.05) is 140 Å². The fraction of sp³-hybridized carbons (Fsp3) is 0. The smallest absolute Gasteiger partial charge is 0.167 e. The fourth-order valence-electron chi connectivity index (χ4n) is 6.97. The lowest BCUT2D eigenvalue weighted by Gasteiger charge is -2.15. The molecule has 5 nitrogen and oxygen atoms in total. The molecular formula is C44H27N5S. The van der Waals surface area contributed by atoms with Crippen LogP contribution in [0.3, 0.4) is 0 Å². The number of nitrogens with zero attached hydrogens (tertiary/aromatic N) is 5. The number of pyridine rings is 1.